The van der Waals surface area contributed by atoms with Crippen LogP contribution in [0.5, 0.6) is 0 Å². The summed E-state index contributed by atoms with van der Waals surface area (Å²) < 4.78 is 1.81. The molecule has 0 atom stereocenters. The summed E-state index contributed by atoms with van der Waals surface area (Å²) in [6, 6.07) is 5.48. The van der Waals surface area contributed by atoms with Gasteiger partial charge in [0.05, 0.1) is 23.8 Å². The first-order chi connectivity index (χ1) is 13.1. The number of nitrogens with zero attached hydrogens (tertiary/aromatic N) is 5. The summed E-state index contributed by atoms with van der Waals surface area (Å²) in [5.41, 5.74) is 2.05. The van der Waals surface area contributed by atoms with E-state index in [0.717, 1.165) is 17.6 Å². The van der Waals surface area contributed by atoms with Gasteiger partial charge in [-0.3, -0.25) is 9.48 Å². The largest absolute Gasteiger partial charge is 0.340 e. The average Bonchev–Trinajstić information content (AvgIpc) is 3.28. The van der Waals surface area contributed by atoms with E-state index in [2.05, 4.69) is 20.3 Å². The topological polar surface area (TPSA) is 79.7 Å². The van der Waals surface area contributed by atoms with Gasteiger partial charge in [-0.25, -0.2) is 4.98 Å². The Kier molecular flexibility index (Phi) is 5.11. The second-order valence-corrected chi connectivity index (χ2v) is 7.77. The zero-order valence-corrected chi connectivity index (χ0v) is 16.1. The maximum atomic E-state index is 12.7. The number of aromatic nitrogens is 5. The van der Waals surface area contributed by atoms with Gasteiger partial charge in [-0.15, -0.1) is 5.10 Å². The molecule has 1 amide bonds. The minimum absolute atomic E-state index is 0.164. The number of benzene rings is 1. The van der Waals surface area contributed by atoms with Crippen molar-refractivity contribution in [2.75, 3.05) is 7.05 Å². The van der Waals surface area contributed by atoms with Crippen molar-refractivity contribution in [3.8, 4) is 0 Å². The standard InChI is InChI=1S/C19H23ClN6O/c1-25(12-18-21-15-8-7-14(20)9-16(15)22-18)19(27)17-11-26(24-23-17)10-13-5-3-2-4-6-13/h7-9,11,13H,2-6,10,12H2,1H3,(H,21,22). The minimum atomic E-state index is -0.164. The van der Waals surface area contributed by atoms with Crippen molar-refractivity contribution in [3.63, 3.8) is 0 Å². The fourth-order valence-corrected chi connectivity index (χ4v) is 3.89. The zero-order valence-electron chi connectivity index (χ0n) is 15.4. The lowest BCUT2D eigenvalue weighted by atomic mass is 9.89. The SMILES string of the molecule is CN(Cc1nc2ccc(Cl)cc2[nH]1)C(=O)c1cn(CC2CCCCC2)nn1. The van der Waals surface area contributed by atoms with E-state index in [-0.39, 0.29) is 5.91 Å². The van der Waals surface area contributed by atoms with E-state index in [1.54, 1.807) is 28.9 Å². The van der Waals surface area contributed by atoms with E-state index in [4.69, 9.17) is 11.6 Å². The lowest BCUT2D eigenvalue weighted by Gasteiger charge is -2.20. The van der Waals surface area contributed by atoms with Crippen LogP contribution in [0, 0.1) is 5.92 Å². The first-order valence-corrected chi connectivity index (χ1v) is 9.76. The highest BCUT2D eigenvalue weighted by Gasteiger charge is 2.19. The Balaban J connectivity index is 1.40. The van der Waals surface area contributed by atoms with Crippen LogP contribution in [0.3, 0.4) is 0 Å². The van der Waals surface area contributed by atoms with E-state index in [1.165, 1.54) is 32.1 Å². The zero-order chi connectivity index (χ0) is 18.8. The van der Waals surface area contributed by atoms with Crippen molar-refractivity contribution >= 4 is 28.5 Å². The van der Waals surface area contributed by atoms with Crippen molar-refractivity contribution in [3.05, 3.63) is 40.9 Å². The molecule has 0 unspecified atom stereocenters. The summed E-state index contributed by atoms with van der Waals surface area (Å²) in [6.07, 6.45) is 8.13. The number of hydrogen-bond donors (Lipinski definition) is 1. The Hall–Kier alpha value is -2.41. The smallest absolute Gasteiger partial charge is 0.276 e. The van der Waals surface area contributed by atoms with Gasteiger partial charge in [0.2, 0.25) is 0 Å². The molecule has 1 aliphatic carbocycles. The fraction of sp³-hybridized carbons (Fsp3) is 0.474. The molecule has 1 saturated carbocycles. The number of rotatable bonds is 5. The molecular weight excluding hydrogens is 364 g/mol. The van der Waals surface area contributed by atoms with Crippen molar-refractivity contribution in [1.82, 2.24) is 29.9 Å². The molecule has 8 heteroatoms. The first-order valence-electron chi connectivity index (χ1n) is 9.38. The molecule has 142 valence electrons. The molecule has 1 aromatic carbocycles. The predicted molar refractivity (Wildman–Crippen MR) is 103 cm³/mol. The van der Waals surface area contributed by atoms with Crippen molar-refractivity contribution < 1.29 is 4.79 Å². The van der Waals surface area contributed by atoms with Crippen molar-refractivity contribution in [2.45, 2.75) is 45.2 Å². The van der Waals surface area contributed by atoms with Gasteiger partial charge < -0.3 is 9.88 Å². The minimum Gasteiger partial charge on any atom is -0.340 e. The lowest BCUT2D eigenvalue weighted by molar-refractivity contribution is 0.0776. The molecule has 4 rings (SSSR count). The quantitative estimate of drug-likeness (QED) is 0.725. The van der Waals surface area contributed by atoms with E-state index < -0.39 is 0 Å². The number of carbonyl (C=O) groups excluding carboxylic acids is 1. The number of fused-ring (bicyclic) bond motifs is 1. The Bertz CT molecular complexity index is 943. The fourth-order valence-electron chi connectivity index (χ4n) is 3.72. The highest BCUT2D eigenvalue weighted by molar-refractivity contribution is 6.31. The van der Waals surface area contributed by atoms with Gasteiger partial charge in [0.1, 0.15) is 5.82 Å². The van der Waals surface area contributed by atoms with E-state index in [1.807, 2.05) is 12.1 Å². The van der Waals surface area contributed by atoms with Crippen LogP contribution in [0.2, 0.25) is 5.02 Å². The number of halogens is 1. The number of nitrogens with one attached hydrogen (secondary N) is 1. The third kappa shape index (κ3) is 4.13. The third-order valence-corrected chi connectivity index (χ3v) is 5.39. The Morgan fingerprint density at radius 2 is 2.15 bits per heavy atom. The molecule has 0 saturated heterocycles. The second kappa shape index (κ2) is 7.68. The van der Waals surface area contributed by atoms with Crippen LogP contribution in [0.15, 0.2) is 24.4 Å². The Morgan fingerprint density at radius 3 is 2.96 bits per heavy atom. The van der Waals surface area contributed by atoms with Gasteiger partial charge in [-0.05, 0) is 37.0 Å². The van der Waals surface area contributed by atoms with E-state index >= 15 is 0 Å². The van der Waals surface area contributed by atoms with Crippen LogP contribution in [0.4, 0.5) is 0 Å². The molecule has 1 aliphatic rings. The molecule has 0 radical (unpaired) electrons. The highest BCUT2D eigenvalue weighted by atomic mass is 35.5. The van der Waals surface area contributed by atoms with Crippen molar-refractivity contribution in [1.29, 1.82) is 0 Å². The third-order valence-electron chi connectivity index (χ3n) is 5.15. The Morgan fingerprint density at radius 1 is 1.33 bits per heavy atom. The van der Waals surface area contributed by atoms with Crippen LogP contribution in [0.25, 0.3) is 11.0 Å². The van der Waals surface area contributed by atoms with Crippen LogP contribution in [0.1, 0.15) is 48.4 Å². The number of amides is 1. The van der Waals surface area contributed by atoms with E-state index in [0.29, 0.717) is 29.0 Å². The molecule has 27 heavy (non-hydrogen) atoms. The van der Waals surface area contributed by atoms with Gasteiger partial charge >= 0.3 is 0 Å². The summed E-state index contributed by atoms with van der Waals surface area (Å²) in [4.78, 5) is 22.0. The molecule has 3 aromatic rings. The summed E-state index contributed by atoms with van der Waals surface area (Å²) in [7, 11) is 1.74. The molecule has 2 heterocycles. The summed E-state index contributed by atoms with van der Waals surface area (Å²) in [5.74, 6) is 1.18. The summed E-state index contributed by atoms with van der Waals surface area (Å²) in [6.45, 7) is 1.20. The maximum Gasteiger partial charge on any atom is 0.276 e. The number of aromatic amines is 1. The molecule has 2 aromatic heterocycles. The molecule has 0 aliphatic heterocycles. The highest BCUT2D eigenvalue weighted by Crippen LogP contribution is 2.24. The molecule has 0 spiro atoms. The number of imidazole rings is 1. The average molecular weight is 387 g/mol. The van der Waals surface area contributed by atoms with Gasteiger partial charge in [-0.2, -0.15) is 0 Å². The predicted octanol–water partition coefficient (Wildman–Crippen LogP) is 3.66. The van der Waals surface area contributed by atoms with Gasteiger partial charge in [0.15, 0.2) is 5.69 Å². The maximum absolute atomic E-state index is 12.7. The monoisotopic (exact) mass is 386 g/mol. The van der Waals surface area contributed by atoms with Gasteiger partial charge in [-0.1, -0.05) is 36.1 Å². The van der Waals surface area contributed by atoms with Crippen LogP contribution >= 0.6 is 11.6 Å². The van der Waals surface area contributed by atoms with Crippen LogP contribution < -0.4 is 0 Å². The van der Waals surface area contributed by atoms with Crippen molar-refractivity contribution in [2.24, 2.45) is 5.92 Å². The summed E-state index contributed by atoms with van der Waals surface area (Å²) >= 11 is 6.01. The first kappa shape index (κ1) is 18.0. The number of carbonyl (C=O) groups is 1. The van der Waals surface area contributed by atoms with Gasteiger partial charge in [0, 0.05) is 18.6 Å². The molecule has 0 bridgehead atoms. The second-order valence-electron chi connectivity index (χ2n) is 7.34. The van der Waals surface area contributed by atoms with Gasteiger partial charge in [0.25, 0.3) is 5.91 Å². The summed E-state index contributed by atoms with van der Waals surface area (Å²) in [5, 5.41) is 8.87. The number of hydrogen-bond acceptors (Lipinski definition) is 4. The normalized spacial score (nSPS) is 15.3. The van der Waals surface area contributed by atoms with Crippen LogP contribution in [-0.2, 0) is 13.1 Å². The van der Waals surface area contributed by atoms with E-state index in [9.17, 15) is 4.79 Å². The molecule has 7 nitrogen and oxygen atoms in total. The molecular formula is C19H23ClN6O. The lowest BCUT2D eigenvalue weighted by Crippen LogP contribution is -2.27. The Labute approximate surface area is 162 Å². The van der Waals surface area contributed by atoms with Crippen LogP contribution in [-0.4, -0.2) is 42.8 Å². The molecule has 1 N–H and O–H groups in total. The number of H-pyrrole nitrogens is 1. The molecule has 1 fully saturated rings.